The molecule has 4 heteroatoms. The van der Waals surface area contributed by atoms with Crippen LogP contribution in [-0.2, 0) is 9.47 Å². The summed E-state index contributed by atoms with van der Waals surface area (Å²) >= 11 is 0. The summed E-state index contributed by atoms with van der Waals surface area (Å²) in [7, 11) is 5.99. The van der Waals surface area contributed by atoms with Gasteiger partial charge in [0.05, 0.1) is 12.2 Å². The highest BCUT2D eigenvalue weighted by atomic mass is 16.5. The Morgan fingerprint density at radius 1 is 1.41 bits per heavy atom. The van der Waals surface area contributed by atoms with Crippen LogP contribution in [0.1, 0.15) is 26.7 Å². The zero-order chi connectivity index (χ0) is 12.8. The molecule has 0 aliphatic heterocycles. The zero-order valence-corrected chi connectivity index (χ0v) is 11.9. The molecule has 1 saturated carbocycles. The van der Waals surface area contributed by atoms with Gasteiger partial charge in [0.15, 0.2) is 0 Å². The minimum Gasteiger partial charge on any atom is -0.377 e. The molecule has 4 unspecified atom stereocenters. The molecule has 17 heavy (non-hydrogen) atoms. The Labute approximate surface area is 106 Å². The summed E-state index contributed by atoms with van der Waals surface area (Å²) in [6, 6.07) is 0.983. The van der Waals surface area contributed by atoms with E-state index < -0.39 is 0 Å². The van der Waals surface area contributed by atoms with Gasteiger partial charge in [0, 0.05) is 25.8 Å². The standard InChI is InChI=1S/C13H28N2O2/c1-6-17-12-9-11(13(12)16-5)14-10(2)7-8-15(3)4/h10-14H,6-9H2,1-5H3. The maximum absolute atomic E-state index is 5.62. The normalized spacial score (nSPS) is 30.4. The maximum Gasteiger partial charge on any atom is 0.0986 e. The zero-order valence-electron chi connectivity index (χ0n) is 11.9. The lowest BCUT2D eigenvalue weighted by Gasteiger charge is -2.44. The van der Waals surface area contributed by atoms with Crippen LogP contribution in [0.3, 0.4) is 0 Å². The van der Waals surface area contributed by atoms with Crippen molar-refractivity contribution in [2.45, 2.75) is 51.0 Å². The first kappa shape index (κ1) is 14.9. The summed E-state index contributed by atoms with van der Waals surface area (Å²) in [5.41, 5.74) is 0. The molecule has 0 radical (unpaired) electrons. The van der Waals surface area contributed by atoms with Crippen molar-refractivity contribution in [1.29, 1.82) is 0 Å². The van der Waals surface area contributed by atoms with Crippen LogP contribution >= 0.6 is 0 Å². The van der Waals surface area contributed by atoms with Crippen molar-refractivity contribution in [3.63, 3.8) is 0 Å². The second kappa shape index (κ2) is 7.31. The van der Waals surface area contributed by atoms with Crippen molar-refractivity contribution in [2.24, 2.45) is 0 Å². The lowest BCUT2D eigenvalue weighted by atomic mass is 9.84. The molecule has 4 atom stereocenters. The molecule has 1 aliphatic carbocycles. The van der Waals surface area contributed by atoms with Crippen LogP contribution in [0.15, 0.2) is 0 Å². The van der Waals surface area contributed by atoms with E-state index in [9.17, 15) is 0 Å². The third-order valence-corrected chi connectivity index (χ3v) is 3.41. The Kier molecular flexibility index (Phi) is 6.41. The molecular weight excluding hydrogens is 216 g/mol. The third-order valence-electron chi connectivity index (χ3n) is 3.41. The van der Waals surface area contributed by atoms with Crippen LogP contribution < -0.4 is 5.32 Å². The lowest BCUT2D eigenvalue weighted by Crippen LogP contribution is -2.61. The van der Waals surface area contributed by atoms with Crippen LogP contribution in [-0.4, -0.2) is 63.5 Å². The van der Waals surface area contributed by atoms with Gasteiger partial charge in [-0.15, -0.1) is 0 Å². The average molecular weight is 244 g/mol. The van der Waals surface area contributed by atoms with Gasteiger partial charge in [-0.05, 0) is 47.3 Å². The molecule has 1 N–H and O–H groups in total. The fraction of sp³-hybridized carbons (Fsp3) is 1.00. The summed E-state index contributed by atoms with van der Waals surface area (Å²) in [5.74, 6) is 0. The Balaban J connectivity index is 2.23. The fourth-order valence-electron chi connectivity index (χ4n) is 2.34. The van der Waals surface area contributed by atoms with Crippen molar-refractivity contribution < 1.29 is 9.47 Å². The highest BCUT2D eigenvalue weighted by Crippen LogP contribution is 2.27. The van der Waals surface area contributed by atoms with Gasteiger partial charge in [-0.1, -0.05) is 0 Å². The van der Waals surface area contributed by atoms with Crippen LogP contribution in [0.2, 0.25) is 0 Å². The van der Waals surface area contributed by atoms with E-state index >= 15 is 0 Å². The number of nitrogens with zero attached hydrogens (tertiary/aromatic N) is 1. The quantitative estimate of drug-likeness (QED) is 0.693. The first-order valence-electron chi connectivity index (χ1n) is 6.63. The second-order valence-corrected chi connectivity index (χ2v) is 5.20. The van der Waals surface area contributed by atoms with Crippen LogP contribution in [0, 0.1) is 0 Å². The van der Waals surface area contributed by atoms with Gasteiger partial charge in [-0.25, -0.2) is 0 Å². The van der Waals surface area contributed by atoms with E-state index in [4.69, 9.17) is 9.47 Å². The Bertz CT molecular complexity index is 212. The van der Waals surface area contributed by atoms with E-state index in [-0.39, 0.29) is 12.2 Å². The van der Waals surface area contributed by atoms with E-state index in [1.54, 1.807) is 7.11 Å². The number of hydrogen-bond donors (Lipinski definition) is 1. The van der Waals surface area contributed by atoms with Gasteiger partial charge in [0.2, 0.25) is 0 Å². The van der Waals surface area contributed by atoms with Crippen molar-refractivity contribution >= 4 is 0 Å². The predicted molar refractivity (Wildman–Crippen MR) is 70.4 cm³/mol. The van der Waals surface area contributed by atoms with Crippen molar-refractivity contribution in [3.05, 3.63) is 0 Å². The monoisotopic (exact) mass is 244 g/mol. The van der Waals surface area contributed by atoms with Crippen molar-refractivity contribution in [2.75, 3.05) is 34.4 Å². The Morgan fingerprint density at radius 3 is 2.65 bits per heavy atom. The van der Waals surface area contributed by atoms with E-state index in [1.807, 2.05) is 6.92 Å². The molecule has 0 bridgehead atoms. The van der Waals surface area contributed by atoms with Gasteiger partial charge in [0.1, 0.15) is 0 Å². The molecule has 1 fully saturated rings. The molecule has 4 nitrogen and oxygen atoms in total. The Morgan fingerprint density at radius 2 is 2.12 bits per heavy atom. The summed E-state index contributed by atoms with van der Waals surface area (Å²) < 4.78 is 11.1. The number of methoxy groups -OCH3 is 1. The van der Waals surface area contributed by atoms with Crippen molar-refractivity contribution in [1.82, 2.24) is 10.2 Å². The number of hydrogen-bond acceptors (Lipinski definition) is 4. The first-order chi connectivity index (χ1) is 8.08. The van der Waals surface area contributed by atoms with Crippen LogP contribution in [0.25, 0.3) is 0 Å². The molecule has 1 aliphatic rings. The molecule has 0 amide bonds. The minimum absolute atomic E-state index is 0.219. The largest absolute Gasteiger partial charge is 0.377 e. The highest BCUT2D eigenvalue weighted by Gasteiger charge is 2.42. The van der Waals surface area contributed by atoms with Gasteiger partial charge in [-0.2, -0.15) is 0 Å². The number of rotatable bonds is 8. The predicted octanol–water partition coefficient (Wildman–Crippen LogP) is 1.11. The van der Waals surface area contributed by atoms with Crippen molar-refractivity contribution in [3.8, 4) is 0 Å². The topological polar surface area (TPSA) is 33.7 Å². The number of nitrogens with one attached hydrogen (secondary N) is 1. The van der Waals surface area contributed by atoms with Gasteiger partial charge >= 0.3 is 0 Å². The maximum atomic E-state index is 5.62. The Hall–Kier alpha value is -0.160. The fourth-order valence-corrected chi connectivity index (χ4v) is 2.34. The lowest BCUT2D eigenvalue weighted by molar-refractivity contribution is -0.133. The molecule has 0 heterocycles. The second-order valence-electron chi connectivity index (χ2n) is 5.20. The summed E-state index contributed by atoms with van der Waals surface area (Å²) in [5, 5.41) is 3.63. The van der Waals surface area contributed by atoms with Gasteiger partial charge < -0.3 is 19.7 Å². The van der Waals surface area contributed by atoms with E-state index in [1.165, 1.54) is 6.42 Å². The van der Waals surface area contributed by atoms with Crippen LogP contribution in [0.5, 0.6) is 0 Å². The minimum atomic E-state index is 0.219. The van der Waals surface area contributed by atoms with Crippen LogP contribution in [0.4, 0.5) is 0 Å². The SMILES string of the molecule is CCOC1CC(NC(C)CCN(C)C)C1OC. The highest BCUT2D eigenvalue weighted by molar-refractivity contribution is 4.98. The molecule has 0 aromatic heterocycles. The average Bonchev–Trinajstić information content (AvgIpc) is 2.25. The summed E-state index contributed by atoms with van der Waals surface area (Å²) in [4.78, 5) is 2.22. The first-order valence-corrected chi connectivity index (χ1v) is 6.63. The molecule has 0 aromatic rings. The van der Waals surface area contributed by atoms with E-state index in [0.29, 0.717) is 12.1 Å². The molecular formula is C13H28N2O2. The number of ether oxygens (including phenoxy) is 2. The van der Waals surface area contributed by atoms with Gasteiger partial charge in [0.25, 0.3) is 0 Å². The van der Waals surface area contributed by atoms with E-state index in [2.05, 4.69) is 31.2 Å². The third kappa shape index (κ3) is 4.54. The molecule has 0 aromatic carbocycles. The van der Waals surface area contributed by atoms with E-state index in [0.717, 1.165) is 19.6 Å². The summed E-state index contributed by atoms with van der Waals surface area (Å²) in [6.07, 6.45) is 2.73. The molecule has 0 saturated heterocycles. The summed E-state index contributed by atoms with van der Waals surface area (Å²) in [6.45, 7) is 6.16. The molecule has 1 rings (SSSR count). The van der Waals surface area contributed by atoms with Gasteiger partial charge in [-0.3, -0.25) is 0 Å². The molecule has 102 valence electrons. The molecule has 0 spiro atoms. The smallest absolute Gasteiger partial charge is 0.0986 e.